The number of ether oxygens (including phenoxy) is 3. The first kappa shape index (κ1) is 36.2. The lowest BCUT2D eigenvalue weighted by Crippen LogP contribution is -2.48. The molecular weight excluding hydrogens is 601 g/mol. The Morgan fingerprint density at radius 1 is 0.870 bits per heavy atom. The zero-order valence-electron chi connectivity index (χ0n) is 27.3. The molecule has 0 fully saturated rings. The number of rotatable bonds is 11. The summed E-state index contributed by atoms with van der Waals surface area (Å²) in [6.07, 6.45) is -6.71. The SMILES string of the molecule is CC(OC(=O)C(NC(=O)OC(C)(C)C)C(C)C)OC(=O)N(CCCc1cccc(C(F)(F)F)c1)C(C)c1cccc2ccccc12. The summed E-state index contributed by atoms with van der Waals surface area (Å²) >= 11 is 0. The molecule has 3 atom stereocenters. The van der Waals surface area contributed by atoms with Crippen LogP contribution in [0.5, 0.6) is 0 Å². The van der Waals surface area contributed by atoms with Crippen LogP contribution in [0.4, 0.5) is 22.8 Å². The Morgan fingerprint density at radius 2 is 1.52 bits per heavy atom. The van der Waals surface area contributed by atoms with Crippen molar-refractivity contribution in [1.29, 1.82) is 0 Å². The first-order valence-corrected chi connectivity index (χ1v) is 15.3. The third-order valence-corrected chi connectivity index (χ3v) is 7.24. The number of alkyl carbamates (subject to hydrolysis) is 1. The zero-order chi connectivity index (χ0) is 34.2. The van der Waals surface area contributed by atoms with Crippen LogP contribution < -0.4 is 5.32 Å². The largest absolute Gasteiger partial charge is 0.444 e. The lowest BCUT2D eigenvalue weighted by Gasteiger charge is -2.31. The molecule has 3 rings (SSSR count). The molecule has 0 spiro atoms. The molecule has 0 radical (unpaired) electrons. The van der Waals surface area contributed by atoms with Crippen LogP contribution in [0.1, 0.15) is 77.6 Å². The monoisotopic (exact) mass is 644 g/mol. The highest BCUT2D eigenvalue weighted by atomic mass is 19.4. The molecule has 0 aliphatic carbocycles. The number of esters is 1. The Morgan fingerprint density at radius 3 is 2.17 bits per heavy atom. The van der Waals surface area contributed by atoms with E-state index in [2.05, 4.69) is 5.32 Å². The maximum absolute atomic E-state index is 13.6. The summed E-state index contributed by atoms with van der Waals surface area (Å²) < 4.78 is 56.0. The van der Waals surface area contributed by atoms with Crippen LogP contribution in [0.3, 0.4) is 0 Å². The van der Waals surface area contributed by atoms with Gasteiger partial charge in [0.15, 0.2) is 0 Å². The molecule has 11 heteroatoms. The van der Waals surface area contributed by atoms with Gasteiger partial charge in [0.1, 0.15) is 11.6 Å². The van der Waals surface area contributed by atoms with Gasteiger partial charge in [0.2, 0.25) is 6.29 Å². The van der Waals surface area contributed by atoms with Crippen molar-refractivity contribution in [3.8, 4) is 0 Å². The number of hydrogen-bond acceptors (Lipinski definition) is 6. The Hall–Kier alpha value is -4.28. The first-order chi connectivity index (χ1) is 21.5. The second kappa shape index (κ2) is 15.3. The van der Waals surface area contributed by atoms with Crippen molar-refractivity contribution in [1.82, 2.24) is 10.2 Å². The fraction of sp³-hybridized carbons (Fsp3) is 0.457. The van der Waals surface area contributed by atoms with Crippen LogP contribution in [-0.4, -0.2) is 47.5 Å². The van der Waals surface area contributed by atoms with Gasteiger partial charge in [-0.3, -0.25) is 0 Å². The molecule has 0 saturated carbocycles. The van der Waals surface area contributed by atoms with Crippen LogP contribution in [0.2, 0.25) is 0 Å². The molecule has 0 aliphatic heterocycles. The van der Waals surface area contributed by atoms with Gasteiger partial charge in [0.05, 0.1) is 11.6 Å². The average molecular weight is 645 g/mol. The van der Waals surface area contributed by atoms with E-state index in [0.717, 1.165) is 28.5 Å². The zero-order valence-corrected chi connectivity index (χ0v) is 27.3. The summed E-state index contributed by atoms with van der Waals surface area (Å²) in [5.41, 5.74) is -0.175. The van der Waals surface area contributed by atoms with Gasteiger partial charge in [0.25, 0.3) is 0 Å². The predicted molar refractivity (Wildman–Crippen MR) is 169 cm³/mol. The highest BCUT2D eigenvalue weighted by Crippen LogP contribution is 2.31. The Kier molecular flexibility index (Phi) is 12.1. The number of carbonyl (C=O) groups excluding carboxylic acids is 3. The molecule has 3 unspecified atom stereocenters. The van der Waals surface area contributed by atoms with Gasteiger partial charge in [-0.2, -0.15) is 13.2 Å². The smallest absolute Gasteiger partial charge is 0.416 e. The van der Waals surface area contributed by atoms with Crippen molar-refractivity contribution < 1.29 is 41.8 Å². The van der Waals surface area contributed by atoms with Gasteiger partial charge in [-0.25, -0.2) is 14.4 Å². The lowest BCUT2D eigenvalue weighted by atomic mass is 9.98. The van der Waals surface area contributed by atoms with Crippen LogP contribution >= 0.6 is 0 Å². The van der Waals surface area contributed by atoms with Crippen LogP contribution in [-0.2, 0) is 31.6 Å². The van der Waals surface area contributed by atoms with Crippen molar-refractivity contribution in [2.45, 2.75) is 91.5 Å². The molecular formula is C35H43F3N2O6. The van der Waals surface area contributed by atoms with Gasteiger partial charge in [-0.1, -0.05) is 74.5 Å². The fourth-order valence-electron chi connectivity index (χ4n) is 4.99. The third-order valence-electron chi connectivity index (χ3n) is 7.24. The van der Waals surface area contributed by atoms with Crippen molar-refractivity contribution in [2.24, 2.45) is 5.92 Å². The number of benzene rings is 3. The summed E-state index contributed by atoms with van der Waals surface area (Å²) in [5, 5.41) is 4.42. The van der Waals surface area contributed by atoms with E-state index in [9.17, 15) is 27.6 Å². The minimum atomic E-state index is -4.46. The molecule has 2 amide bonds. The number of nitrogens with zero attached hydrogens (tertiary/aromatic N) is 1. The van der Waals surface area contributed by atoms with Crippen LogP contribution in [0, 0.1) is 5.92 Å². The number of aryl methyl sites for hydroxylation is 1. The molecule has 3 aromatic rings. The summed E-state index contributed by atoms with van der Waals surface area (Å²) in [5.74, 6) is -1.17. The van der Waals surface area contributed by atoms with E-state index in [-0.39, 0.29) is 18.9 Å². The molecule has 0 aromatic heterocycles. The molecule has 8 nitrogen and oxygen atoms in total. The van der Waals surface area contributed by atoms with Gasteiger partial charge < -0.3 is 24.4 Å². The number of carbonyl (C=O) groups is 3. The minimum absolute atomic E-state index is 0.148. The Bertz CT molecular complexity index is 1500. The van der Waals surface area contributed by atoms with E-state index in [1.165, 1.54) is 17.9 Å². The van der Waals surface area contributed by atoms with Crippen LogP contribution in [0.25, 0.3) is 10.8 Å². The maximum Gasteiger partial charge on any atom is 0.416 e. The van der Waals surface area contributed by atoms with Crippen molar-refractivity contribution in [3.63, 3.8) is 0 Å². The van der Waals surface area contributed by atoms with E-state index >= 15 is 0 Å². The summed E-state index contributed by atoms with van der Waals surface area (Å²) in [7, 11) is 0. The normalized spacial score (nSPS) is 13.9. The summed E-state index contributed by atoms with van der Waals surface area (Å²) in [4.78, 5) is 40.4. The number of alkyl halides is 3. The van der Waals surface area contributed by atoms with Crippen LogP contribution in [0.15, 0.2) is 66.7 Å². The minimum Gasteiger partial charge on any atom is -0.444 e. The topological polar surface area (TPSA) is 94.2 Å². The van der Waals surface area contributed by atoms with Gasteiger partial charge in [-0.05, 0) is 74.4 Å². The molecule has 1 N–H and O–H groups in total. The number of amides is 2. The number of hydrogen-bond donors (Lipinski definition) is 1. The first-order valence-electron chi connectivity index (χ1n) is 15.3. The quantitative estimate of drug-likeness (QED) is 0.166. The molecule has 250 valence electrons. The van der Waals surface area contributed by atoms with Gasteiger partial charge in [-0.15, -0.1) is 0 Å². The van der Waals surface area contributed by atoms with E-state index < -0.39 is 53.9 Å². The average Bonchev–Trinajstić information content (AvgIpc) is 2.96. The Labute approximate surface area is 268 Å². The molecule has 0 heterocycles. The van der Waals surface area contributed by atoms with Crippen molar-refractivity contribution in [3.05, 3.63) is 83.4 Å². The standard InChI is InChI=1S/C35H43F3N2O6/c1-22(2)30(39-32(42)46-34(5,6)7)31(41)44-24(4)45-33(43)40(20-12-14-25-13-10-17-27(21-25)35(36,37)38)23(3)28-19-11-16-26-15-8-9-18-29(26)28/h8-11,13,15-19,21-24,30H,12,14,20H2,1-7H3,(H,39,42). The van der Waals surface area contributed by atoms with E-state index in [4.69, 9.17) is 14.2 Å². The predicted octanol–water partition coefficient (Wildman–Crippen LogP) is 8.43. The van der Waals surface area contributed by atoms with Crippen molar-refractivity contribution in [2.75, 3.05) is 6.54 Å². The third kappa shape index (κ3) is 10.4. The fourth-order valence-corrected chi connectivity index (χ4v) is 4.99. The summed E-state index contributed by atoms with van der Waals surface area (Å²) in [6, 6.07) is 17.0. The molecule has 46 heavy (non-hydrogen) atoms. The highest BCUT2D eigenvalue weighted by molar-refractivity contribution is 5.86. The van der Waals surface area contributed by atoms with Gasteiger partial charge in [0, 0.05) is 13.5 Å². The number of halogens is 3. The Balaban J connectivity index is 1.77. The highest BCUT2D eigenvalue weighted by Gasteiger charge is 2.32. The van der Waals surface area contributed by atoms with E-state index in [0.29, 0.717) is 12.0 Å². The maximum atomic E-state index is 13.6. The van der Waals surface area contributed by atoms with Gasteiger partial charge >= 0.3 is 24.3 Å². The van der Waals surface area contributed by atoms with E-state index in [1.807, 2.05) is 49.4 Å². The molecule has 0 aliphatic rings. The second-order valence-corrected chi connectivity index (χ2v) is 12.5. The second-order valence-electron chi connectivity index (χ2n) is 12.5. The summed E-state index contributed by atoms with van der Waals surface area (Å²) in [6.45, 7) is 11.9. The molecule has 0 bridgehead atoms. The molecule has 3 aromatic carbocycles. The van der Waals surface area contributed by atoms with Crippen molar-refractivity contribution >= 4 is 28.9 Å². The molecule has 0 saturated heterocycles. The number of fused-ring (bicyclic) bond motifs is 1. The van der Waals surface area contributed by atoms with E-state index in [1.54, 1.807) is 40.7 Å². The lowest BCUT2D eigenvalue weighted by molar-refractivity contribution is -0.170. The number of nitrogens with one attached hydrogen (secondary N) is 1.